The van der Waals surface area contributed by atoms with Crippen LogP contribution in [0.15, 0.2) is 23.2 Å². The first-order valence-corrected chi connectivity index (χ1v) is 8.86. The molecule has 25 heavy (non-hydrogen) atoms. The largest absolute Gasteiger partial charge is 0.378 e. The van der Waals surface area contributed by atoms with Crippen LogP contribution in [0.4, 0.5) is 5.69 Å². The number of guanidine groups is 1. The van der Waals surface area contributed by atoms with Crippen molar-refractivity contribution in [3.8, 4) is 0 Å². The number of nitrogens with one attached hydrogen (secondary N) is 2. The lowest BCUT2D eigenvalue weighted by Gasteiger charge is -2.24. The second-order valence-electron chi connectivity index (χ2n) is 6.96. The highest BCUT2D eigenvalue weighted by atomic mass is 127. The average molecular weight is 460 g/mol. The van der Waals surface area contributed by atoms with Crippen LogP contribution >= 0.6 is 24.0 Å². The highest BCUT2D eigenvalue weighted by molar-refractivity contribution is 14.0. The Morgan fingerprint density at radius 1 is 1.32 bits per heavy atom. The first-order valence-electron chi connectivity index (χ1n) is 8.86. The number of anilines is 1. The summed E-state index contributed by atoms with van der Waals surface area (Å²) in [6, 6.07) is 6.52. The topological polar surface area (TPSA) is 48.9 Å². The van der Waals surface area contributed by atoms with E-state index in [4.69, 9.17) is 9.73 Å². The molecule has 142 valence electrons. The average Bonchev–Trinajstić information content (AvgIpc) is 2.98. The Morgan fingerprint density at radius 3 is 2.64 bits per heavy atom. The third kappa shape index (κ3) is 6.66. The highest BCUT2D eigenvalue weighted by Crippen LogP contribution is 2.23. The molecule has 2 rings (SSSR count). The Hall–Kier alpha value is -1.02. The van der Waals surface area contributed by atoms with Gasteiger partial charge in [-0.25, -0.2) is 4.99 Å². The lowest BCUT2D eigenvalue weighted by molar-refractivity contribution is 0.0243. The zero-order valence-corrected chi connectivity index (χ0v) is 18.5. The van der Waals surface area contributed by atoms with Crippen molar-refractivity contribution >= 4 is 35.6 Å². The van der Waals surface area contributed by atoms with E-state index in [1.54, 1.807) is 0 Å². The lowest BCUT2D eigenvalue weighted by atomic mass is 10.0. The van der Waals surface area contributed by atoms with E-state index >= 15 is 0 Å². The van der Waals surface area contributed by atoms with Crippen molar-refractivity contribution in [2.45, 2.75) is 45.8 Å². The molecule has 0 bridgehead atoms. The molecule has 0 spiro atoms. The van der Waals surface area contributed by atoms with E-state index in [-0.39, 0.29) is 29.6 Å². The van der Waals surface area contributed by atoms with Crippen LogP contribution in [0.2, 0.25) is 0 Å². The zero-order chi connectivity index (χ0) is 17.6. The maximum Gasteiger partial charge on any atom is 0.191 e. The van der Waals surface area contributed by atoms with Gasteiger partial charge in [-0.05, 0) is 56.9 Å². The van der Waals surface area contributed by atoms with E-state index in [1.807, 2.05) is 0 Å². The predicted molar refractivity (Wildman–Crippen MR) is 117 cm³/mol. The summed E-state index contributed by atoms with van der Waals surface area (Å²) in [6.07, 6.45) is 2.24. The molecular formula is C19H33IN4O. The van der Waals surface area contributed by atoms with Crippen LogP contribution in [0.25, 0.3) is 0 Å². The summed E-state index contributed by atoms with van der Waals surface area (Å²) >= 11 is 0. The molecule has 0 aromatic heterocycles. The third-order valence-corrected chi connectivity index (χ3v) is 4.52. The Morgan fingerprint density at radius 2 is 2.08 bits per heavy atom. The molecule has 0 amide bonds. The summed E-state index contributed by atoms with van der Waals surface area (Å²) in [7, 11) is 4.12. The molecule has 1 heterocycles. The quantitative estimate of drug-likeness (QED) is 0.389. The Bertz CT molecular complexity index is 569. The lowest BCUT2D eigenvalue weighted by Crippen LogP contribution is -2.45. The van der Waals surface area contributed by atoms with Gasteiger partial charge in [-0.15, -0.1) is 24.0 Å². The molecule has 1 atom stereocenters. The van der Waals surface area contributed by atoms with E-state index in [9.17, 15) is 0 Å². The number of benzene rings is 1. The first kappa shape index (κ1) is 22.0. The number of hydrogen-bond donors (Lipinski definition) is 2. The summed E-state index contributed by atoms with van der Waals surface area (Å²) in [4.78, 5) is 6.86. The van der Waals surface area contributed by atoms with Crippen molar-refractivity contribution in [3.63, 3.8) is 0 Å². The van der Waals surface area contributed by atoms with Gasteiger partial charge in [-0.3, -0.25) is 0 Å². The molecular weight excluding hydrogens is 427 g/mol. The minimum absolute atomic E-state index is 0. The minimum Gasteiger partial charge on any atom is -0.378 e. The molecule has 1 aromatic carbocycles. The minimum atomic E-state index is -0.0700. The second kappa shape index (κ2) is 10.2. The second-order valence-corrected chi connectivity index (χ2v) is 6.96. The van der Waals surface area contributed by atoms with Crippen LogP contribution in [-0.2, 0) is 11.3 Å². The van der Waals surface area contributed by atoms with Crippen LogP contribution in [0.5, 0.6) is 0 Å². The van der Waals surface area contributed by atoms with Gasteiger partial charge in [-0.2, -0.15) is 0 Å². The van der Waals surface area contributed by atoms with Gasteiger partial charge < -0.3 is 20.3 Å². The molecule has 0 radical (unpaired) electrons. The summed E-state index contributed by atoms with van der Waals surface area (Å²) in [5, 5.41) is 6.75. The Balaban J connectivity index is 0.00000312. The van der Waals surface area contributed by atoms with Crippen molar-refractivity contribution in [3.05, 3.63) is 29.3 Å². The van der Waals surface area contributed by atoms with E-state index in [0.29, 0.717) is 6.54 Å². The van der Waals surface area contributed by atoms with Crippen LogP contribution in [-0.4, -0.2) is 45.4 Å². The normalized spacial score (nSPS) is 20.1. The highest BCUT2D eigenvalue weighted by Gasteiger charge is 2.29. The van der Waals surface area contributed by atoms with E-state index in [1.165, 1.54) is 16.8 Å². The number of aliphatic imine (C=N–C) groups is 1. The molecule has 1 fully saturated rings. The van der Waals surface area contributed by atoms with Crippen molar-refractivity contribution < 1.29 is 4.74 Å². The number of hydrogen-bond acceptors (Lipinski definition) is 3. The maximum atomic E-state index is 5.84. The van der Waals surface area contributed by atoms with Gasteiger partial charge >= 0.3 is 0 Å². The van der Waals surface area contributed by atoms with Gasteiger partial charge in [0.1, 0.15) is 0 Å². The molecule has 0 aliphatic carbocycles. The molecule has 1 unspecified atom stereocenters. The summed E-state index contributed by atoms with van der Waals surface area (Å²) in [6.45, 7) is 9.57. The molecule has 1 aliphatic rings. The summed E-state index contributed by atoms with van der Waals surface area (Å²) in [5.74, 6) is 0.852. The fraction of sp³-hybridized carbons (Fsp3) is 0.632. The van der Waals surface area contributed by atoms with Crippen molar-refractivity contribution in [2.75, 3.05) is 38.7 Å². The number of nitrogens with zero attached hydrogens (tertiary/aromatic N) is 2. The smallest absolute Gasteiger partial charge is 0.191 e. The van der Waals surface area contributed by atoms with Crippen molar-refractivity contribution in [1.82, 2.24) is 10.6 Å². The predicted octanol–water partition coefficient (Wildman–Crippen LogP) is 3.30. The van der Waals surface area contributed by atoms with Crippen LogP contribution in [0.3, 0.4) is 0 Å². The van der Waals surface area contributed by atoms with Crippen molar-refractivity contribution in [2.24, 2.45) is 4.99 Å². The van der Waals surface area contributed by atoms with Gasteiger partial charge in [0.2, 0.25) is 0 Å². The van der Waals surface area contributed by atoms with E-state index in [2.05, 4.69) is 68.6 Å². The monoisotopic (exact) mass is 460 g/mol. The van der Waals surface area contributed by atoms with Gasteiger partial charge in [0, 0.05) is 39.5 Å². The molecule has 1 aliphatic heterocycles. The van der Waals surface area contributed by atoms with Crippen LogP contribution in [0.1, 0.15) is 37.8 Å². The Labute approximate surface area is 169 Å². The molecule has 1 saturated heterocycles. The Kier molecular flexibility index (Phi) is 8.99. The molecule has 0 saturated carbocycles. The van der Waals surface area contributed by atoms with Crippen molar-refractivity contribution in [1.29, 1.82) is 0 Å². The zero-order valence-electron chi connectivity index (χ0n) is 16.2. The molecule has 6 heteroatoms. The molecule has 1 aromatic rings. The summed E-state index contributed by atoms with van der Waals surface area (Å²) < 4.78 is 5.84. The standard InChI is InChI=1S/C19H32N4O.HI/c1-6-20-18(22-14-19(3)10-7-11-24-19)21-13-16-8-9-17(23(4)5)12-15(16)2;/h8-9,12H,6-7,10-11,13-14H2,1-5H3,(H2,20,21,22);1H. The molecule has 2 N–H and O–H groups in total. The summed E-state index contributed by atoms with van der Waals surface area (Å²) in [5.41, 5.74) is 3.67. The first-order chi connectivity index (χ1) is 11.4. The van der Waals surface area contributed by atoms with E-state index in [0.717, 1.165) is 38.5 Å². The van der Waals surface area contributed by atoms with Gasteiger partial charge in [0.05, 0.1) is 12.1 Å². The number of rotatable bonds is 6. The van der Waals surface area contributed by atoms with Crippen LogP contribution in [0, 0.1) is 6.92 Å². The SMILES string of the molecule is CCNC(=NCc1ccc(N(C)C)cc1C)NCC1(C)CCCO1.I. The van der Waals surface area contributed by atoms with Gasteiger partial charge in [0.25, 0.3) is 0 Å². The number of aryl methyl sites for hydroxylation is 1. The molecule has 5 nitrogen and oxygen atoms in total. The van der Waals surface area contributed by atoms with Gasteiger partial charge in [0.15, 0.2) is 5.96 Å². The van der Waals surface area contributed by atoms with Gasteiger partial charge in [-0.1, -0.05) is 6.07 Å². The number of halogens is 1. The third-order valence-electron chi connectivity index (χ3n) is 4.52. The fourth-order valence-electron chi connectivity index (χ4n) is 2.89. The fourth-order valence-corrected chi connectivity index (χ4v) is 2.89. The van der Waals surface area contributed by atoms with E-state index < -0.39 is 0 Å². The number of ether oxygens (including phenoxy) is 1. The maximum absolute atomic E-state index is 5.84. The van der Waals surface area contributed by atoms with Crippen LogP contribution < -0.4 is 15.5 Å².